The number of halogens is 1. The van der Waals surface area contributed by atoms with Crippen LogP contribution in [0.3, 0.4) is 0 Å². The van der Waals surface area contributed by atoms with E-state index in [1.807, 2.05) is 16.5 Å². The second-order valence-corrected chi connectivity index (χ2v) is 4.70. The van der Waals surface area contributed by atoms with Gasteiger partial charge >= 0.3 is 0 Å². The van der Waals surface area contributed by atoms with Crippen molar-refractivity contribution in [2.75, 3.05) is 13.1 Å². The third-order valence-electron chi connectivity index (χ3n) is 3.25. The molecule has 3 nitrogen and oxygen atoms in total. The molecule has 0 aromatic carbocycles. The van der Waals surface area contributed by atoms with Crippen LogP contribution >= 0.6 is 11.6 Å². The maximum Gasteiger partial charge on any atom is 0.138 e. The van der Waals surface area contributed by atoms with Crippen LogP contribution < -0.4 is 5.32 Å². The van der Waals surface area contributed by atoms with Crippen molar-refractivity contribution in [3.8, 4) is 0 Å². The summed E-state index contributed by atoms with van der Waals surface area (Å²) in [6, 6.07) is 6.08. The topological polar surface area (TPSA) is 29.3 Å². The summed E-state index contributed by atoms with van der Waals surface area (Å²) in [5, 5.41) is 4.13. The minimum Gasteiger partial charge on any atom is -0.316 e. The molecule has 1 aliphatic heterocycles. The average molecular weight is 236 g/mol. The second-order valence-electron chi connectivity index (χ2n) is 4.34. The fraction of sp³-hybridized carbons (Fsp3) is 0.417. The summed E-state index contributed by atoms with van der Waals surface area (Å²) in [5.74, 6) is 0.465. The molecule has 3 heterocycles. The molecule has 1 N–H and O–H groups in total. The van der Waals surface area contributed by atoms with Crippen LogP contribution in [0.2, 0.25) is 5.15 Å². The minimum atomic E-state index is 0.465. The Morgan fingerprint density at radius 1 is 1.50 bits per heavy atom. The molecule has 2 aromatic rings. The molecule has 0 radical (unpaired) electrons. The lowest BCUT2D eigenvalue weighted by molar-refractivity contribution is 0.742. The van der Waals surface area contributed by atoms with Gasteiger partial charge in [0.05, 0.1) is 5.69 Å². The third kappa shape index (κ3) is 1.43. The standard InChI is InChI=1S/C12H14ClN3/c1-8-3-2-4-10-15-11(12(13)16(8)10)9-5-6-14-7-9/h2-4,9,14H,5-7H2,1H3. The molecule has 1 saturated heterocycles. The van der Waals surface area contributed by atoms with Crippen LogP contribution in [0.25, 0.3) is 5.65 Å². The molecule has 0 saturated carbocycles. The van der Waals surface area contributed by atoms with Crippen molar-refractivity contribution in [2.45, 2.75) is 19.3 Å². The number of pyridine rings is 1. The zero-order valence-corrected chi connectivity index (χ0v) is 9.96. The summed E-state index contributed by atoms with van der Waals surface area (Å²) >= 11 is 6.42. The van der Waals surface area contributed by atoms with E-state index in [-0.39, 0.29) is 0 Å². The van der Waals surface area contributed by atoms with E-state index in [2.05, 4.69) is 23.3 Å². The van der Waals surface area contributed by atoms with Gasteiger partial charge in [-0.05, 0) is 32.0 Å². The van der Waals surface area contributed by atoms with Gasteiger partial charge in [0, 0.05) is 18.2 Å². The molecule has 2 aromatic heterocycles. The number of aromatic nitrogens is 2. The maximum absolute atomic E-state index is 6.42. The zero-order chi connectivity index (χ0) is 11.1. The van der Waals surface area contributed by atoms with Crippen molar-refractivity contribution < 1.29 is 0 Å². The zero-order valence-electron chi connectivity index (χ0n) is 9.20. The summed E-state index contributed by atoms with van der Waals surface area (Å²) in [6.45, 7) is 4.10. The summed E-state index contributed by atoms with van der Waals surface area (Å²) in [7, 11) is 0. The van der Waals surface area contributed by atoms with E-state index in [0.717, 1.165) is 41.7 Å². The van der Waals surface area contributed by atoms with Gasteiger partial charge in [0.25, 0.3) is 0 Å². The Morgan fingerprint density at radius 3 is 3.06 bits per heavy atom. The van der Waals surface area contributed by atoms with Crippen LogP contribution in [0.5, 0.6) is 0 Å². The quantitative estimate of drug-likeness (QED) is 0.823. The molecule has 1 aliphatic rings. The van der Waals surface area contributed by atoms with Gasteiger partial charge in [-0.2, -0.15) is 0 Å². The van der Waals surface area contributed by atoms with Crippen molar-refractivity contribution in [3.63, 3.8) is 0 Å². The van der Waals surface area contributed by atoms with Gasteiger partial charge in [0.2, 0.25) is 0 Å². The van der Waals surface area contributed by atoms with Gasteiger partial charge in [0.1, 0.15) is 10.8 Å². The monoisotopic (exact) mass is 235 g/mol. The number of nitrogens with one attached hydrogen (secondary N) is 1. The number of nitrogens with zero attached hydrogens (tertiary/aromatic N) is 2. The molecule has 84 valence electrons. The summed E-state index contributed by atoms with van der Waals surface area (Å²) < 4.78 is 2.02. The Balaban J connectivity index is 2.19. The van der Waals surface area contributed by atoms with Gasteiger partial charge in [-0.15, -0.1) is 0 Å². The normalized spacial score (nSPS) is 20.8. The fourth-order valence-electron chi connectivity index (χ4n) is 2.38. The molecule has 1 fully saturated rings. The first-order chi connectivity index (χ1) is 7.77. The highest BCUT2D eigenvalue weighted by Gasteiger charge is 2.23. The Morgan fingerprint density at radius 2 is 2.38 bits per heavy atom. The lowest BCUT2D eigenvalue weighted by atomic mass is 10.1. The Labute approximate surface area is 99.4 Å². The Kier molecular flexibility index (Phi) is 2.37. The maximum atomic E-state index is 6.42. The van der Waals surface area contributed by atoms with Gasteiger partial charge < -0.3 is 5.32 Å². The molecular weight excluding hydrogens is 222 g/mol. The van der Waals surface area contributed by atoms with Gasteiger partial charge in [-0.25, -0.2) is 4.98 Å². The summed E-state index contributed by atoms with van der Waals surface area (Å²) in [4.78, 5) is 4.65. The molecule has 1 atom stereocenters. The SMILES string of the molecule is Cc1cccc2nc(C3CCNC3)c(Cl)n12. The third-order valence-corrected chi connectivity index (χ3v) is 3.62. The Bertz CT molecular complexity index is 526. The van der Waals surface area contributed by atoms with Crippen molar-refractivity contribution in [2.24, 2.45) is 0 Å². The van der Waals surface area contributed by atoms with Crippen molar-refractivity contribution in [1.82, 2.24) is 14.7 Å². The number of hydrogen-bond acceptors (Lipinski definition) is 2. The predicted molar refractivity (Wildman–Crippen MR) is 65.2 cm³/mol. The van der Waals surface area contributed by atoms with E-state index in [0.29, 0.717) is 5.92 Å². The van der Waals surface area contributed by atoms with E-state index in [9.17, 15) is 0 Å². The van der Waals surface area contributed by atoms with Gasteiger partial charge in [-0.1, -0.05) is 17.7 Å². The van der Waals surface area contributed by atoms with Gasteiger partial charge in [-0.3, -0.25) is 4.40 Å². The van der Waals surface area contributed by atoms with E-state index >= 15 is 0 Å². The molecule has 4 heteroatoms. The van der Waals surface area contributed by atoms with E-state index in [1.54, 1.807) is 0 Å². The smallest absolute Gasteiger partial charge is 0.138 e. The molecule has 0 bridgehead atoms. The molecule has 1 unspecified atom stereocenters. The van der Waals surface area contributed by atoms with Crippen LogP contribution in [-0.2, 0) is 0 Å². The summed E-state index contributed by atoms with van der Waals surface area (Å²) in [5.41, 5.74) is 3.13. The highest BCUT2D eigenvalue weighted by molar-refractivity contribution is 6.30. The number of fused-ring (bicyclic) bond motifs is 1. The molecule has 0 spiro atoms. The fourth-order valence-corrected chi connectivity index (χ4v) is 2.79. The number of rotatable bonds is 1. The average Bonchev–Trinajstić information content (AvgIpc) is 2.86. The predicted octanol–water partition coefficient (Wildman–Crippen LogP) is 2.37. The van der Waals surface area contributed by atoms with Crippen molar-refractivity contribution in [3.05, 3.63) is 34.7 Å². The molecule has 0 amide bonds. The van der Waals surface area contributed by atoms with Crippen LogP contribution in [0.1, 0.15) is 23.7 Å². The lowest BCUT2D eigenvalue weighted by Crippen LogP contribution is -2.08. The highest BCUT2D eigenvalue weighted by atomic mass is 35.5. The Hall–Kier alpha value is -1.06. The highest BCUT2D eigenvalue weighted by Crippen LogP contribution is 2.29. The molecule has 16 heavy (non-hydrogen) atoms. The van der Waals surface area contributed by atoms with Crippen LogP contribution in [0.4, 0.5) is 0 Å². The van der Waals surface area contributed by atoms with Gasteiger partial charge in [0.15, 0.2) is 0 Å². The first kappa shape index (κ1) is 10.1. The summed E-state index contributed by atoms with van der Waals surface area (Å²) in [6.07, 6.45) is 1.13. The minimum absolute atomic E-state index is 0.465. The largest absolute Gasteiger partial charge is 0.316 e. The second kappa shape index (κ2) is 3.75. The van der Waals surface area contributed by atoms with E-state index in [1.165, 1.54) is 0 Å². The number of imidazole rings is 1. The van der Waals surface area contributed by atoms with Crippen LogP contribution in [0, 0.1) is 6.92 Å². The molecular formula is C12H14ClN3. The van der Waals surface area contributed by atoms with Crippen LogP contribution in [0.15, 0.2) is 18.2 Å². The number of aryl methyl sites for hydroxylation is 1. The number of hydrogen-bond donors (Lipinski definition) is 1. The first-order valence-corrected chi connectivity index (χ1v) is 5.99. The van der Waals surface area contributed by atoms with Crippen molar-refractivity contribution in [1.29, 1.82) is 0 Å². The molecule has 0 aliphatic carbocycles. The molecule has 3 rings (SSSR count). The van der Waals surface area contributed by atoms with Crippen molar-refractivity contribution >= 4 is 17.2 Å². The first-order valence-electron chi connectivity index (χ1n) is 5.61. The lowest BCUT2D eigenvalue weighted by Gasteiger charge is -2.04. The van der Waals surface area contributed by atoms with Crippen LogP contribution in [-0.4, -0.2) is 22.5 Å². The van der Waals surface area contributed by atoms with E-state index < -0.39 is 0 Å². The van der Waals surface area contributed by atoms with E-state index in [4.69, 9.17) is 11.6 Å².